The van der Waals surface area contributed by atoms with Crippen molar-refractivity contribution in [2.24, 2.45) is 0 Å². The number of benzene rings is 3. The number of nitrogens with zero attached hydrogens (tertiary/aromatic N) is 1. The van der Waals surface area contributed by atoms with Crippen LogP contribution in [0.25, 0.3) is 20.8 Å². The molecule has 0 aliphatic heterocycles. The maximum absolute atomic E-state index is 13.2. The minimum atomic E-state index is -0.534. The van der Waals surface area contributed by atoms with Crippen molar-refractivity contribution in [2.75, 3.05) is 10.6 Å². The van der Waals surface area contributed by atoms with Gasteiger partial charge >= 0.3 is 6.03 Å². The fourth-order valence-corrected chi connectivity index (χ4v) is 3.71. The summed E-state index contributed by atoms with van der Waals surface area (Å²) in [6.45, 7) is 0. The van der Waals surface area contributed by atoms with Gasteiger partial charge in [0, 0.05) is 16.9 Å². The molecule has 0 saturated heterocycles. The summed E-state index contributed by atoms with van der Waals surface area (Å²) in [5.41, 5.74) is 2.99. The Hall–Kier alpha value is -2.96. The first-order chi connectivity index (χ1) is 13.1. The summed E-state index contributed by atoms with van der Waals surface area (Å²) in [6.07, 6.45) is 0. The van der Waals surface area contributed by atoms with Gasteiger partial charge in [-0.1, -0.05) is 23.7 Å². The molecule has 0 atom stereocenters. The Morgan fingerprint density at radius 2 is 1.67 bits per heavy atom. The quantitative estimate of drug-likeness (QED) is 0.420. The third kappa shape index (κ3) is 3.92. The van der Waals surface area contributed by atoms with Crippen LogP contribution < -0.4 is 10.6 Å². The molecule has 134 valence electrons. The number of nitrogens with one attached hydrogen (secondary N) is 2. The van der Waals surface area contributed by atoms with E-state index in [1.807, 2.05) is 36.4 Å². The van der Waals surface area contributed by atoms with E-state index in [0.717, 1.165) is 20.8 Å². The fourth-order valence-electron chi connectivity index (χ4n) is 2.56. The van der Waals surface area contributed by atoms with Crippen molar-refractivity contribution in [3.8, 4) is 10.6 Å². The number of hydrogen-bond acceptors (Lipinski definition) is 3. The molecule has 1 heterocycles. The molecule has 0 radical (unpaired) electrons. The zero-order valence-electron chi connectivity index (χ0n) is 13.9. The van der Waals surface area contributed by atoms with E-state index >= 15 is 0 Å². The molecule has 0 spiro atoms. The van der Waals surface area contributed by atoms with Crippen molar-refractivity contribution in [3.63, 3.8) is 0 Å². The van der Waals surface area contributed by atoms with E-state index in [2.05, 4.69) is 15.6 Å². The molecular formula is C20H13ClFN3OS. The molecule has 4 aromatic rings. The van der Waals surface area contributed by atoms with Crippen LogP contribution in [0.2, 0.25) is 5.02 Å². The monoisotopic (exact) mass is 397 g/mol. The van der Waals surface area contributed by atoms with Crippen molar-refractivity contribution in [3.05, 3.63) is 77.6 Å². The molecule has 27 heavy (non-hydrogen) atoms. The van der Waals surface area contributed by atoms with Crippen LogP contribution in [0.15, 0.2) is 66.7 Å². The number of hydrogen-bond donors (Lipinski definition) is 2. The topological polar surface area (TPSA) is 54.0 Å². The normalized spacial score (nSPS) is 10.7. The first kappa shape index (κ1) is 17.5. The van der Waals surface area contributed by atoms with Crippen LogP contribution in [0.3, 0.4) is 0 Å². The van der Waals surface area contributed by atoms with Gasteiger partial charge in [0.25, 0.3) is 0 Å². The number of aromatic nitrogens is 1. The molecule has 2 amide bonds. The van der Waals surface area contributed by atoms with Gasteiger partial charge in [-0.05, 0) is 54.6 Å². The summed E-state index contributed by atoms with van der Waals surface area (Å²) in [5.74, 6) is -0.534. The highest BCUT2D eigenvalue weighted by molar-refractivity contribution is 7.21. The largest absolute Gasteiger partial charge is 0.323 e. The average molecular weight is 398 g/mol. The number of carbonyl (C=O) groups excluding carboxylic acids is 1. The summed E-state index contributed by atoms with van der Waals surface area (Å²) in [7, 11) is 0. The second-order valence-electron chi connectivity index (χ2n) is 5.77. The number of thiazole rings is 1. The molecule has 0 bridgehead atoms. The molecule has 0 unspecified atom stereocenters. The SMILES string of the molecule is O=C(Nc1ccc(-c2nc3ccccc3s2)cc1)Nc1ccc(F)c(Cl)c1. The smallest absolute Gasteiger partial charge is 0.308 e. The van der Waals surface area contributed by atoms with E-state index in [1.54, 1.807) is 23.5 Å². The van der Waals surface area contributed by atoms with E-state index in [4.69, 9.17) is 11.6 Å². The number of halogens is 2. The second-order valence-corrected chi connectivity index (χ2v) is 7.21. The van der Waals surface area contributed by atoms with Crippen molar-refractivity contribution in [2.45, 2.75) is 0 Å². The zero-order chi connectivity index (χ0) is 18.8. The lowest BCUT2D eigenvalue weighted by Crippen LogP contribution is -2.19. The lowest BCUT2D eigenvalue weighted by Gasteiger charge is -2.08. The van der Waals surface area contributed by atoms with Crippen LogP contribution in [-0.4, -0.2) is 11.0 Å². The number of carbonyl (C=O) groups is 1. The number of anilines is 2. The van der Waals surface area contributed by atoms with Crippen molar-refractivity contribution in [1.82, 2.24) is 4.98 Å². The molecule has 1 aromatic heterocycles. The molecule has 0 aliphatic carbocycles. The van der Waals surface area contributed by atoms with Gasteiger partial charge in [-0.15, -0.1) is 11.3 Å². The first-order valence-electron chi connectivity index (χ1n) is 8.07. The van der Waals surface area contributed by atoms with Crippen LogP contribution in [0.1, 0.15) is 0 Å². The number of fused-ring (bicyclic) bond motifs is 1. The summed E-state index contributed by atoms with van der Waals surface area (Å²) in [6, 6.07) is 19.0. The summed E-state index contributed by atoms with van der Waals surface area (Å²) in [4.78, 5) is 16.7. The maximum Gasteiger partial charge on any atom is 0.323 e. The first-order valence-corrected chi connectivity index (χ1v) is 9.27. The third-order valence-corrected chi connectivity index (χ3v) is 5.24. The standard InChI is InChI=1S/C20H13ClFN3OS/c21-15-11-14(9-10-16(15)22)24-20(26)23-13-7-5-12(6-8-13)19-25-17-3-1-2-4-18(17)27-19/h1-11H,(H2,23,24,26). The van der Waals surface area contributed by atoms with Gasteiger partial charge in [-0.25, -0.2) is 14.2 Å². The molecule has 4 nitrogen and oxygen atoms in total. The highest BCUT2D eigenvalue weighted by Crippen LogP contribution is 2.30. The third-order valence-electron chi connectivity index (χ3n) is 3.86. The predicted molar refractivity (Wildman–Crippen MR) is 109 cm³/mol. The Morgan fingerprint density at radius 3 is 2.41 bits per heavy atom. The lowest BCUT2D eigenvalue weighted by atomic mass is 10.2. The van der Waals surface area contributed by atoms with Crippen molar-refractivity contribution < 1.29 is 9.18 Å². The van der Waals surface area contributed by atoms with E-state index in [9.17, 15) is 9.18 Å². The van der Waals surface area contributed by atoms with Crippen LogP contribution in [0, 0.1) is 5.82 Å². The Bertz CT molecular complexity index is 1090. The summed E-state index contributed by atoms with van der Waals surface area (Å²) >= 11 is 7.33. The molecule has 4 rings (SSSR count). The van der Waals surface area contributed by atoms with E-state index in [0.29, 0.717) is 11.4 Å². The van der Waals surface area contributed by atoms with Gasteiger partial charge in [-0.2, -0.15) is 0 Å². The zero-order valence-corrected chi connectivity index (χ0v) is 15.4. The molecule has 0 aliphatic rings. The van der Waals surface area contributed by atoms with Crippen LogP contribution >= 0.6 is 22.9 Å². The summed E-state index contributed by atoms with van der Waals surface area (Å²) < 4.78 is 14.3. The second kappa shape index (κ2) is 7.34. The van der Waals surface area contributed by atoms with Gasteiger partial charge in [0.2, 0.25) is 0 Å². The lowest BCUT2D eigenvalue weighted by molar-refractivity contribution is 0.262. The van der Waals surface area contributed by atoms with Gasteiger partial charge in [-0.3, -0.25) is 0 Å². The Kier molecular flexibility index (Phi) is 4.75. The van der Waals surface area contributed by atoms with Crippen molar-refractivity contribution >= 4 is 50.6 Å². The highest BCUT2D eigenvalue weighted by atomic mass is 35.5. The van der Waals surface area contributed by atoms with E-state index in [1.165, 1.54) is 18.2 Å². The molecule has 0 saturated carbocycles. The fraction of sp³-hybridized carbons (Fsp3) is 0. The van der Waals surface area contributed by atoms with Gasteiger partial charge in [0.1, 0.15) is 10.8 Å². The van der Waals surface area contributed by atoms with Gasteiger partial charge in [0.05, 0.1) is 15.2 Å². The van der Waals surface area contributed by atoms with E-state index in [-0.39, 0.29) is 5.02 Å². The molecule has 7 heteroatoms. The molecule has 2 N–H and O–H groups in total. The highest BCUT2D eigenvalue weighted by Gasteiger charge is 2.08. The van der Waals surface area contributed by atoms with Gasteiger partial charge in [0.15, 0.2) is 0 Å². The number of amides is 2. The van der Waals surface area contributed by atoms with Gasteiger partial charge < -0.3 is 10.6 Å². The number of rotatable bonds is 3. The Morgan fingerprint density at radius 1 is 0.963 bits per heavy atom. The summed E-state index contributed by atoms with van der Waals surface area (Å²) in [5, 5.41) is 6.21. The Labute approximate surface area is 163 Å². The minimum Gasteiger partial charge on any atom is -0.308 e. The maximum atomic E-state index is 13.2. The average Bonchev–Trinajstić information content (AvgIpc) is 3.09. The molecule has 0 fully saturated rings. The van der Waals surface area contributed by atoms with Crippen LogP contribution in [0.5, 0.6) is 0 Å². The number of urea groups is 1. The molecule has 3 aromatic carbocycles. The van der Waals surface area contributed by atoms with E-state index < -0.39 is 11.8 Å². The number of para-hydroxylation sites is 1. The minimum absolute atomic E-state index is 0.0482. The molecular weight excluding hydrogens is 385 g/mol. The van der Waals surface area contributed by atoms with Crippen molar-refractivity contribution in [1.29, 1.82) is 0 Å². The van der Waals surface area contributed by atoms with Crippen LogP contribution in [-0.2, 0) is 0 Å². The van der Waals surface area contributed by atoms with Crippen LogP contribution in [0.4, 0.5) is 20.6 Å². The Balaban J connectivity index is 1.45. The predicted octanol–water partition coefficient (Wildman–Crippen LogP) is 6.40.